The van der Waals surface area contributed by atoms with Gasteiger partial charge in [0.15, 0.2) is 0 Å². The number of hydroxylamine groups is 1. The van der Waals surface area contributed by atoms with Gasteiger partial charge in [-0.3, -0.25) is 9.78 Å². The maximum atomic E-state index is 12.6. The first kappa shape index (κ1) is 15.6. The van der Waals surface area contributed by atoms with Crippen LogP contribution < -0.4 is 5.06 Å². The lowest BCUT2D eigenvalue weighted by atomic mass is 10.2. The highest BCUT2D eigenvalue weighted by atomic mass is 35.5. The molecule has 1 amide bonds. The zero-order valence-corrected chi connectivity index (χ0v) is 11.9. The van der Waals surface area contributed by atoms with Gasteiger partial charge in [-0.25, -0.2) is 0 Å². The molecule has 0 saturated carbocycles. The fourth-order valence-electron chi connectivity index (χ4n) is 1.58. The molecular formula is C13H8Cl2F2N2O2. The number of hydrogen-bond acceptors (Lipinski definition) is 3. The minimum absolute atomic E-state index is 0.0903. The van der Waals surface area contributed by atoms with Crippen molar-refractivity contribution >= 4 is 34.8 Å². The zero-order valence-electron chi connectivity index (χ0n) is 10.3. The highest BCUT2D eigenvalue weighted by molar-refractivity contribution is 6.39. The SMILES string of the molecule is O=C(c1ccccc1)N(OC(F)F)c1c(Cl)cncc1Cl. The van der Waals surface area contributed by atoms with E-state index in [1.54, 1.807) is 18.2 Å². The van der Waals surface area contributed by atoms with Gasteiger partial charge in [0.1, 0.15) is 5.69 Å². The van der Waals surface area contributed by atoms with Crippen molar-refractivity contribution in [3.05, 3.63) is 58.3 Å². The van der Waals surface area contributed by atoms with E-state index >= 15 is 0 Å². The lowest BCUT2D eigenvalue weighted by Crippen LogP contribution is -2.33. The van der Waals surface area contributed by atoms with E-state index in [4.69, 9.17) is 23.2 Å². The summed E-state index contributed by atoms with van der Waals surface area (Å²) in [7, 11) is 0. The maximum absolute atomic E-state index is 12.6. The molecule has 0 aliphatic carbocycles. The van der Waals surface area contributed by atoms with Gasteiger partial charge >= 0.3 is 6.61 Å². The minimum atomic E-state index is -3.22. The number of carbonyl (C=O) groups is 1. The highest BCUT2D eigenvalue weighted by Gasteiger charge is 2.27. The number of pyridine rings is 1. The van der Waals surface area contributed by atoms with Crippen LogP contribution in [-0.4, -0.2) is 17.5 Å². The van der Waals surface area contributed by atoms with Crippen LogP contribution in [0.5, 0.6) is 0 Å². The van der Waals surface area contributed by atoms with Crippen LogP contribution in [0, 0.1) is 0 Å². The molecule has 0 radical (unpaired) electrons. The van der Waals surface area contributed by atoms with Gasteiger partial charge in [0.25, 0.3) is 5.91 Å². The molecule has 0 aliphatic heterocycles. The number of aromatic nitrogens is 1. The van der Waals surface area contributed by atoms with Crippen LogP contribution in [-0.2, 0) is 4.84 Å². The number of anilines is 1. The molecule has 0 N–H and O–H groups in total. The van der Waals surface area contributed by atoms with E-state index in [1.807, 2.05) is 0 Å². The van der Waals surface area contributed by atoms with Gasteiger partial charge in [-0.1, -0.05) is 41.4 Å². The van der Waals surface area contributed by atoms with Gasteiger partial charge in [0.2, 0.25) is 0 Å². The summed E-state index contributed by atoms with van der Waals surface area (Å²) in [6.45, 7) is -3.22. The maximum Gasteiger partial charge on any atom is 0.365 e. The molecule has 0 spiro atoms. The van der Waals surface area contributed by atoms with E-state index in [2.05, 4.69) is 9.82 Å². The number of rotatable bonds is 4. The Morgan fingerprint density at radius 3 is 2.24 bits per heavy atom. The monoisotopic (exact) mass is 332 g/mol. The lowest BCUT2D eigenvalue weighted by molar-refractivity contribution is -0.131. The van der Waals surface area contributed by atoms with E-state index < -0.39 is 12.5 Å². The van der Waals surface area contributed by atoms with E-state index in [9.17, 15) is 13.6 Å². The summed E-state index contributed by atoms with van der Waals surface area (Å²) in [5.74, 6) is -0.828. The second kappa shape index (κ2) is 6.80. The Hall–Kier alpha value is -1.76. The number of amides is 1. The van der Waals surface area contributed by atoms with Crippen molar-refractivity contribution in [3.8, 4) is 0 Å². The second-order valence-corrected chi connectivity index (χ2v) is 4.60. The Labute approximate surface area is 128 Å². The van der Waals surface area contributed by atoms with Crippen LogP contribution in [0.15, 0.2) is 42.7 Å². The molecule has 1 aromatic heterocycles. The largest absolute Gasteiger partial charge is 0.365 e. The first-order valence-electron chi connectivity index (χ1n) is 5.64. The number of nitrogens with zero attached hydrogens (tertiary/aromatic N) is 2. The predicted molar refractivity (Wildman–Crippen MR) is 74.6 cm³/mol. The first-order chi connectivity index (χ1) is 10.0. The van der Waals surface area contributed by atoms with Gasteiger partial charge in [-0.2, -0.15) is 18.7 Å². The van der Waals surface area contributed by atoms with Crippen LogP contribution in [0.4, 0.5) is 14.5 Å². The number of benzene rings is 1. The molecule has 0 bridgehead atoms. The van der Waals surface area contributed by atoms with Crippen molar-refractivity contribution < 1.29 is 18.4 Å². The molecule has 0 saturated heterocycles. The van der Waals surface area contributed by atoms with Gasteiger partial charge in [-0.05, 0) is 12.1 Å². The highest BCUT2D eigenvalue weighted by Crippen LogP contribution is 2.34. The Bertz CT molecular complexity index is 621. The summed E-state index contributed by atoms with van der Waals surface area (Å²) in [6.07, 6.45) is 2.34. The smallest absolute Gasteiger partial charge is 0.266 e. The van der Waals surface area contributed by atoms with Crippen LogP contribution in [0.2, 0.25) is 10.0 Å². The molecule has 110 valence electrons. The second-order valence-electron chi connectivity index (χ2n) is 3.78. The van der Waals surface area contributed by atoms with Crippen molar-refractivity contribution in [3.63, 3.8) is 0 Å². The van der Waals surface area contributed by atoms with Crippen LogP contribution in [0.1, 0.15) is 10.4 Å². The molecule has 1 heterocycles. The molecule has 4 nitrogen and oxygen atoms in total. The third-order valence-electron chi connectivity index (χ3n) is 2.42. The summed E-state index contributed by atoms with van der Waals surface area (Å²) in [5, 5.41) is 0.187. The molecule has 0 atom stereocenters. The Morgan fingerprint density at radius 1 is 1.14 bits per heavy atom. The van der Waals surface area contributed by atoms with Crippen molar-refractivity contribution in [2.75, 3.05) is 5.06 Å². The molecule has 1 aromatic carbocycles. The summed E-state index contributed by atoms with van der Waals surface area (Å²) in [4.78, 5) is 20.3. The Kier molecular flexibility index (Phi) is 5.06. The van der Waals surface area contributed by atoms with Crippen molar-refractivity contribution in [1.82, 2.24) is 4.98 Å². The average Bonchev–Trinajstić information content (AvgIpc) is 2.46. The Balaban J connectivity index is 2.46. The van der Waals surface area contributed by atoms with Crippen LogP contribution >= 0.6 is 23.2 Å². The molecule has 8 heteroatoms. The summed E-state index contributed by atoms with van der Waals surface area (Å²) in [6, 6.07) is 7.76. The fraction of sp³-hybridized carbons (Fsp3) is 0.0769. The summed E-state index contributed by atoms with van der Waals surface area (Å²) in [5.41, 5.74) is -0.0513. The third-order valence-corrected chi connectivity index (χ3v) is 2.97. The van der Waals surface area contributed by atoms with Crippen LogP contribution in [0.25, 0.3) is 0 Å². The summed E-state index contributed by atoms with van der Waals surface area (Å²) < 4.78 is 25.2. The number of carbonyl (C=O) groups excluding carboxylic acids is 1. The van der Waals surface area contributed by atoms with E-state index in [-0.39, 0.29) is 21.3 Å². The van der Waals surface area contributed by atoms with E-state index in [0.29, 0.717) is 5.06 Å². The normalized spacial score (nSPS) is 10.7. The quantitative estimate of drug-likeness (QED) is 0.788. The van der Waals surface area contributed by atoms with E-state index in [1.165, 1.54) is 24.5 Å². The predicted octanol–water partition coefficient (Wildman–Crippen LogP) is 4.19. The molecule has 0 aliphatic rings. The number of halogens is 4. The molecule has 0 fully saturated rings. The molecule has 21 heavy (non-hydrogen) atoms. The lowest BCUT2D eigenvalue weighted by Gasteiger charge is -2.22. The fourth-order valence-corrected chi connectivity index (χ4v) is 2.10. The topological polar surface area (TPSA) is 42.4 Å². The van der Waals surface area contributed by atoms with Gasteiger partial charge in [-0.15, -0.1) is 0 Å². The van der Waals surface area contributed by atoms with E-state index in [0.717, 1.165) is 0 Å². The molecule has 2 rings (SSSR count). The van der Waals surface area contributed by atoms with Crippen LogP contribution in [0.3, 0.4) is 0 Å². The number of hydrogen-bond donors (Lipinski definition) is 0. The number of alkyl halides is 2. The average molecular weight is 333 g/mol. The third kappa shape index (κ3) is 3.66. The van der Waals surface area contributed by atoms with Crippen molar-refractivity contribution in [2.45, 2.75) is 6.61 Å². The molecular weight excluding hydrogens is 325 g/mol. The van der Waals surface area contributed by atoms with Gasteiger partial charge in [0.05, 0.1) is 10.0 Å². The van der Waals surface area contributed by atoms with Gasteiger partial charge in [0, 0.05) is 18.0 Å². The standard InChI is InChI=1S/C13H8Cl2F2N2O2/c14-9-6-18-7-10(15)11(9)19(21-13(16)17)12(20)8-4-2-1-3-5-8/h1-7,13H. The summed E-state index contributed by atoms with van der Waals surface area (Å²) >= 11 is 11.7. The molecule has 0 unspecified atom stereocenters. The first-order valence-corrected chi connectivity index (χ1v) is 6.39. The van der Waals surface area contributed by atoms with Gasteiger partial charge < -0.3 is 0 Å². The minimum Gasteiger partial charge on any atom is -0.266 e. The van der Waals surface area contributed by atoms with Crippen molar-refractivity contribution in [1.29, 1.82) is 0 Å². The Morgan fingerprint density at radius 2 is 1.71 bits per heavy atom. The van der Waals surface area contributed by atoms with Crippen molar-refractivity contribution in [2.24, 2.45) is 0 Å². The zero-order chi connectivity index (χ0) is 15.4. The molecule has 2 aromatic rings.